The Bertz CT molecular complexity index is 844. The summed E-state index contributed by atoms with van der Waals surface area (Å²) in [4.78, 5) is 0. The van der Waals surface area contributed by atoms with E-state index in [1.807, 2.05) is 65.3 Å². The Morgan fingerprint density at radius 1 is 0.947 bits per heavy atom. The fourth-order valence-corrected chi connectivity index (χ4v) is 2.23. The first-order valence-electron chi connectivity index (χ1n) is 6.12. The Labute approximate surface area is 110 Å². The molecule has 1 radical (unpaired) electrons. The van der Waals surface area contributed by atoms with E-state index in [1.165, 1.54) is 0 Å². The van der Waals surface area contributed by atoms with Gasteiger partial charge in [0.15, 0.2) is 0 Å². The monoisotopic (exact) mass is 244 g/mol. The molecule has 3 aromatic heterocycles. The van der Waals surface area contributed by atoms with Crippen molar-refractivity contribution in [2.75, 3.05) is 0 Å². The first kappa shape index (κ1) is 10.3. The summed E-state index contributed by atoms with van der Waals surface area (Å²) in [5.41, 5.74) is 3.76. The Morgan fingerprint density at radius 2 is 1.84 bits per heavy atom. The lowest BCUT2D eigenvalue weighted by atomic mass is 10.1. The minimum Gasteiger partial charge on any atom is -0.323 e. The molecule has 3 heteroatoms. The molecule has 89 valence electrons. The molecule has 0 saturated carbocycles. The van der Waals surface area contributed by atoms with Crippen molar-refractivity contribution in [2.45, 2.75) is 0 Å². The second kappa shape index (κ2) is 3.92. The number of benzene rings is 1. The second-order valence-electron chi connectivity index (χ2n) is 4.45. The lowest BCUT2D eigenvalue weighted by Crippen LogP contribution is -1.87. The number of hydrogen-bond acceptors (Lipinski definition) is 2. The summed E-state index contributed by atoms with van der Waals surface area (Å²) in [5, 5.41) is 9.62. The highest BCUT2D eigenvalue weighted by Gasteiger charge is 2.05. The van der Waals surface area contributed by atoms with Gasteiger partial charge in [-0.15, -0.1) is 10.2 Å². The van der Waals surface area contributed by atoms with Gasteiger partial charge in [-0.05, 0) is 24.3 Å². The fourth-order valence-electron chi connectivity index (χ4n) is 2.23. The van der Waals surface area contributed by atoms with Gasteiger partial charge in [0.1, 0.15) is 0 Å². The summed E-state index contributed by atoms with van der Waals surface area (Å²) in [6.07, 6.45) is 4.03. The van der Waals surface area contributed by atoms with Gasteiger partial charge >= 0.3 is 0 Å². The van der Waals surface area contributed by atoms with Gasteiger partial charge in [-0.1, -0.05) is 24.3 Å². The molecule has 0 spiro atoms. The molecule has 4 rings (SSSR count). The third-order valence-corrected chi connectivity index (χ3v) is 3.19. The van der Waals surface area contributed by atoms with Crippen LogP contribution in [0.1, 0.15) is 0 Å². The highest BCUT2D eigenvalue weighted by atomic mass is 15.1. The van der Waals surface area contributed by atoms with Crippen LogP contribution in [0.4, 0.5) is 0 Å². The zero-order chi connectivity index (χ0) is 12.7. The molecule has 0 bridgehead atoms. The SMILES string of the molecule is [c]1c(-c2cc3ccccc3nn2)cn2ccccc12. The van der Waals surface area contributed by atoms with Crippen molar-refractivity contribution < 1.29 is 0 Å². The summed E-state index contributed by atoms with van der Waals surface area (Å²) >= 11 is 0. The Morgan fingerprint density at radius 3 is 2.79 bits per heavy atom. The molecule has 0 amide bonds. The fraction of sp³-hybridized carbons (Fsp3) is 0. The third kappa shape index (κ3) is 1.67. The zero-order valence-corrected chi connectivity index (χ0v) is 10.1. The van der Waals surface area contributed by atoms with E-state index in [0.29, 0.717) is 0 Å². The highest BCUT2D eigenvalue weighted by molar-refractivity contribution is 5.82. The van der Waals surface area contributed by atoms with Gasteiger partial charge in [0.2, 0.25) is 0 Å². The summed E-state index contributed by atoms with van der Waals surface area (Å²) in [5.74, 6) is 0. The molecule has 0 aliphatic rings. The van der Waals surface area contributed by atoms with Crippen LogP contribution in [0.25, 0.3) is 27.7 Å². The van der Waals surface area contributed by atoms with Gasteiger partial charge in [0.05, 0.1) is 16.7 Å². The van der Waals surface area contributed by atoms with Crippen molar-refractivity contribution in [3.8, 4) is 11.3 Å². The molecule has 19 heavy (non-hydrogen) atoms. The Kier molecular flexibility index (Phi) is 2.12. The van der Waals surface area contributed by atoms with E-state index in [-0.39, 0.29) is 0 Å². The molecule has 0 atom stereocenters. The van der Waals surface area contributed by atoms with Gasteiger partial charge < -0.3 is 4.40 Å². The maximum Gasteiger partial charge on any atom is 0.0957 e. The molecule has 0 saturated heterocycles. The van der Waals surface area contributed by atoms with Crippen molar-refractivity contribution in [1.29, 1.82) is 0 Å². The van der Waals surface area contributed by atoms with Crippen LogP contribution in [-0.2, 0) is 0 Å². The minimum absolute atomic E-state index is 0.849. The van der Waals surface area contributed by atoms with Crippen molar-refractivity contribution in [1.82, 2.24) is 14.6 Å². The summed E-state index contributed by atoms with van der Waals surface area (Å²) in [7, 11) is 0. The molecular weight excluding hydrogens is 234 g/mol. The normalized spacial score (nSPS) is 11.2. The van der Waals surface area contributed by atoms with Gasteiger partial charge in [-0.2, -0.15) is 0 Å². The van der Waals surface area contributed by atoms with Crippen LogP contribution in [0.3, 0.4) is 0 Å². The number of nitrogens with zero attached hydrogens (tertiary/aromatic N) is 3. The molecule has 0 aliphatic carbocycles. The van der Waals surface area contributed by atoms with Gasteiger partial charge in [-0.3, -0.25) is 0 Å². The van der Waals surface area contributed by atoms with E-state index in [2.05, 4.69) is 16.3 Å². The van der Waals surface area contributed by atoms with Gasteiger partial charge in [0.25, 0.3) is 0 Å². The second-order valence-corrected chi connectivity index (χ2v) is 4.45. The minimum atomic E-state index is 0.849. The van der Waals surface area contributed by atoms with E-state index >= 15 is 0 Å². The molecule has 0 unspecified atom stereocenters. The number of fused-ring (bicyclic) bond motifs is 2. The molecule has 0 N–H and O–H groups in total. The standard InChI is InChI=1S/C16H10N3/c1-2-7-15-12(5-1)10-16(18-17-15)13-9-14-6-3-4-8-19(14)11-13/h1-8,10-11H. The van der Waals surface area contributed by atoms with Crippen LogP contribution in [0, 0.1) is 6.07 Å². The molecule has 1 aromatic carbocycles. The molecule has 4 aromatic rings. The summed E-state index contributed by atoms with van der Waals surface area (Å²) in [6, 6.07) is 19.4. The van der Waals surface area contributed by atoms with E-state index in [9.17, 15) is 0 Å². The van der Waals surface area contributed by atoms with Crippen molar-refractivity contribution in [3.05, 3.63) is 67.0 Å². The van der Waals surface area contributed by atoms with Crippen molar-refractivity contribution in [3.63, 3.8) is 0 Å². The quantitative estimate of drug-likeness (QED) is 0.514. The molecular formula is C16H10N3. The van der Waals surface area contributed by atoms with Crippen LogP contribution in [0.5, 0.6) is 0 Å². The third-order valence-electron chi connectivity index (χ3n) is 3.19. The van der Waals surface area contributed by atoms with Crippen LogP contribution in [0.15, 0.2) is 60.9 Å². The number of pyridine rings is 1. The molecule has 3 nitrogen and oxygen atoms in total. The van der Waals surface area contributed by atoms with Crippen LogP contribution < -0.4 is 0 Å². The average Bonchev–Trinajstić information content (AvgIpc) is 2.90. The van der Waals surface area contributed by atoms with Crippen LogP contribution in [-0.4, -0.2) is 14.6 Å². The predicted molar refractivity (Wildman–Crippen MR) is 74.8 cm³/mol. The summed E-state index contributed by atoms with van der Waals surface area (Å²) in [6.45, 7) is 0. The predicted octanol–water partition coefficient (Wildman–Crippen LogP) is 3.35. The van der Waals surface area contributed by atoms with E-state index in [0.717, 1.165) is 27.7 Å². The number of rotatable bonds is 1. The molecule has 0 aliphatic heterocycles. The first-order valence-corrected chi connectivity index (χ1v) is 6.12. The topological polar surface area (TPSA) is 30.2 Å². The maximum absolute atomic E-state index is 4.28. The smallest absolute Gasteiger partial charge is 0.0957 e. The summed E-state index contributed by atoms with van der Waals surface area (Å²) < 4.78 is 2.03. The molecule has 0 fully saturated rings. The lowest BCUT2D eigenvalue weighted by Gasteiger charge is -1.98. The highest BCUT2D eigenvalue weighted by Crippen LogP contribution is 2.22. The van der Waals surface area contributed by atoms with Gasteiger partial charge in [-0.25, -0.2) is 0 Å². The lowest BCUT2D eigenvalue weighted by molar-refractivity contribution is 1.08. The number of hydrogen-bond donors (Lipinski definition) is 0. The van der Waals surface area contributed by atoms with E-state index in [4.69, 9.17) is 0 Å². The Balaban J connectivity index is 1.93. The van der Waals surface area contributed by atoms with Crippen molar-refractivity contribution >= 4 is 16.4 Å². The Hall–Kier alpha value is -2.68. The van der Waals surface area contributed by atoms with E-state index in [1.54, 1.807) is 0 Å². The number of aromatic nitrogens is 3. The zero-order valence-electron chi connectivity index (χ0n) is 10.1. The van der Waals surface area contributed by atoms with Crippen LogP contribution >= 0.6 is 0 Å². The first-order chi connectivity index (χ1) is 9.40. The average molecular weight is 244 g/mol. The maximum atomic E-state index is 4.28. The van der Waals surface area contributed by atoms with E-state index < -0.39 is 0 Å². The van der Waals surface area contributed by atoms with Crippen LogP contribution in [0.2, 0.25) is 0 Å². The largest absolute Gasteiger partial charge is 0.323 e. The van der Waals surface area contributed by atoms with Gasteiger partial charge in [0, 0.05) is 29.4 Å². The molecule has 3 heterocycles. The van der Waals surface area contributed by atoms with Crippen molar-refractivity contribution in [2.24, 2.45) is 0 Å².